The van der Waals surface area contributed by atoms with Gasteiger partial charge < -0.3 is 4.43 Å². The molecule has 0 aliphatic carbocycles. The highest BCUT2D eigenvalue weighted by atomic mass is 35.5. The number of unbranched alkanes of at least 4 members (excludes halogenated alkanes) is 12. The highest BCUT2D eigenvalue weighted by Crippen LogP contribution is 2.20. The van der Waals surface area contributed by atoms with Crippen molar-refractivity contribution in [1.29, 1.82) is 0 Å². The number of hydrogen-bond acceptors (Lipinski definition) is 1. The van der Waals surface area contributed by atoms with E-state index in [0.29, 0.717) is 0 Å². The van der Waals surface area contributed by atoms with E-state index in [4.69, 9.17) is 27.6 Å². The first-order valence-electron chi connectivity index (χ1n) is 9.43. The molecule has 0 bridgehead atoms. The third-order valence-electron chi connectivity index (χ3n) is 4.25. The molecule has 0 aromatic rings. The van der Waals surface area contributed by atoms with Crippen molar-refractivity contribution in [1.82, 2.24) is 0 Å². The van der Waals surface area contributed by atoms with Crippen molar-refractivity contribution >= 4 is 31.5 Å². The summed E-state index contributed by atoms with van der Waals surface area (Å²) in [4.78, 5) is 0. The van der Waals surface area contributed by atoms with Gasteiger partial charge in [0.05, 0.1) is 0 Å². The lowest BCUT2D eigenvalue weighted by Gasteiger charge is -2.23. The molecule has 4 heteroatoms. The summed E-state index contributed by atoms with van der Waals surface area (Å²) in [7, 11) is -1.85. The minimum atomic E-state index is -1.85. The van der Waals surface area contributed by atoms with E-state index in [0.717, 1.165) is 13.0 Å². The Hall–Kier alpha value is 0.757. The molecular formula is C18H38Cl2OSi. The SMILES string of the molecule is CCCCCCCCCCCCCCCO[Si](C)(C)C(Cl)Cl. The summed E-state index contributed by atoms with van der Waals surface area (Å²) in [5.41, 5.74) is 0. The average Bonchev–Trinajstić information content (AvgIpc) is 2.47. The number of alkyl halides is 2. The topological polar surface area (TPSA) is 9.23 Å². The Morgan fingerprint density at radius 1 is 0.682 bits per heavy atom. The number of hydrogen-bond donors (Lipinski definition) is 0. The summed E-state index contributed by atoms with van der Waals surface area (Å²) in [5, 5.41) is 0. The molecule has 0 aliphatic heterocycles. The predicted molar refractivity (Wildman–Crippen MR) is 105 cm³/mol. The average molecular weight is 369 g/mol. The van der Waals surface area contributed by atoms with Crippen molar-refractivity contribution in [3.05, 3.63) is 0 Å². The van der Waals surface area contributed by atoms with Crippen LogP contribution in [0.3, 0.4) is 0 Å². The Morgan fingerprint density at radius 2 is 1.05 bits per heavy atom. The molecule has 0 spiro atoms. The summed E-state index contributed by atoms with van der Waals surface area (Å²) in [5.74, 6) is 0. The normalized spacial score (nSPS) is 12.3. The van der Waals surface area contributed by atoms with Gasteiger partial charge >= 0.3 is 0 Å². The van der Waals surface area contributed by atoms with Crippen LogP contribution in [0, 0.1) is 0 Å². The highest BCUT2D eigenvalue weighted by molar-refractivity contribution is 6.87. The summed E-state index contributed by atoms with van der Waals surface area (Å²) < 4.78 is 5.54. The van der Waals surface area contributed by atoms with E-state index >= 15 is 0 Å². The minimum Gasteiger partial charge on any atom is -0.415 e. The van der Waals surface area contributed by atoms with Gasteiger partial charge in [-0.2, -0.15) is 0 Å². The number of halogens is 2. The van der Waals surface area contributed by atoms with Gasteiger partial charge in [-0.05, 0) is 19.5 Å². The van der Waals surface area contributed by atoms with Gasteiger partial charge in [0.15, 0.2) is 0 Å². The van der Waals surface area contributed by atoms with Gasteiger partial charge in [-0.1, -0.05) is 84.0 Å². The molecule has 0 aliphatic rings. The van der Waals surface area contributed by atoms with Crippen LogP contribution in [-0.4, -0.2) is 19.4 Å². The fourth-order valence-corrected chi connectivity index (χ4v) is 3.69. The molecule has 1 nitrogen and oxygen atoms in total. The van der Waals surface area contributed by atoms with Crippen molar-refractivity contribution < 1.29 is 4.43 Å². The molecule has 0 aromatic carbocycles. The first kappa shape index (κ1) is 22.8. The molecule has 0 atom stereocenters. The van der Waals surface area contributed by atoms with Crippen LogP contribution in [-0.2, 0) is 4.43 Å². The van der Waals surface area contributed by atoms with Crippen LogP contribution in [0.5, 0.6) is 0 Å². The van der Waals surface area contributed by atoms with Crippen molar-refractivity contribution in [2.75, 3.05) is 6.61 Å². The van der Waals surface area contributed by atoms with E-state index in [2.05, 4.69) is 20.0 Å². The second-order valence-electron chi connectivity index (χ2n) is 7.00. The van der Waals surface area contributed by atoms with Crippen LogP contribution in [0.2, 0.25) is 13.1 Å². The smallest absolute Gasteiger partial charge is 0.220 e. The Balaban J connectivity index is 3.15. The molecule has 0 N–H and O–H groups in total. The second-order valence-corrected chi connectivity index (χ2v) is 12.9. The molecular weight excluding hydrogens is 331 g/mol. The van der Waals surface area contributed by atoms with Gasteiger partial charge in [0.1, 0.15) is 4.46 Å². The maximum absolute atomic E-state index is 5.93. The van der Waals surface area contributed by atoms with Crippen LogP contribution in [0.4, 0.5) is 0 Å². The molecule has 0 saturated heterocycles. The van der Waals surface area contributed by atoms with E-state index < -0.39 is 8.32 Å². The molecule has 0 aromatic heterocycles. The Bertz CT molecular complexity index is 235. The predicted octanol–water partition coefficient (Wildman–Crippen LogP) is 7.64. The lowest BCUT2D eigenvalue weighted by atomic mass is 10.0. The van der Waals surface area contributed by atoms with Crippen molar-refractivity contribution in [2.45, 2.75) is 108 Å². The van der Waals surface area contributed by atoms with Crippen LogP contribution in [0.15, 0.2) is 0 Å². The van der Waals surface area contributed by atoms with Gasteiger partial charge in [0, 0.05) is 6.61 Å². The van der Waals surface area contributed by atoms with Gasteiger partial charge in [-0.3, -0.25) is 0 Å². The molecule has 0 amide bonds. The van der Waals surface area contributed by atoms with Crippen molar-refractivity contribution in [3.63, 3.8) is 0 Å². The lowest BCUT2D eigenvalue weighted by molar-refractivity contribution is 0.296. The van der Waals surface area contributed by atoms with E-state index in [1.54, 1.807) is 0 Å². The molecule has 22 heavy (non-hydrogen) atoms. The van der Waals surface area contributed by atoms with Gasteiger partial charge in [0.2, 0.25) is 8.32 Å². The third kappa shape index (κ3) is 14.4. The minimum absolute atomic E-state index is 0.325. The largest absolute Gasteiger partial charge is 0.415 e. The van der Waals surface area contributed by atoms with Crippen molar-refractivity contribution in [2.24, 2.45) is 0 Å². The van der Waals surface area contributed by atoms with E-state index in [9.17, 15) is 0 Å². The molecule has 0 heterocycles. The zero-order valence-corrected chi connectivity index (χ0v) is 17.7. The first-order chi connectivity index (χ1) is 10.5. The van der Waals surface area contributed by atoms with E-state index in [1.807, 2.05) is 0 Å². The van der Waals surface area contributed by atoms with Crippen molar-refractivity contribution in [3.8, 4) is 0 Å². The summed E-state index contributed by atoms with van der Waals surface area (Å²) in [6.45, 7) is 7.27. The highest BCUT2D eigenvalue weighted by Gasteiger charge is 2.30. The molecule has 0 saturated carbocycles. The molecule has 0 unspecified atom stereocenters. The fraction of sp³-hybridized carbons (Fsp3) is 1.00. The third-order valence-corrected chi connectivity index (χ3v) is 9.40. The van der Waals surface area contributed by atoms with Gasteiger partial charge in [-0.25, -0.2) is 0 Å². The molecule has 0 radical (unpaired) electrons. The van der Waals surface area contributed by atoms with Crippen LogP contribution < -0.4 is 0 Å². The second kappa shape index (κ2) is 15.3. The van der Waals surface area contributed by atoms with E-state index in [-0.39, 0.29) is 4.46 Å². The zero-order valence-electron chi connectivity index (χ0n) is 15.1. The quantitative estimate of drug-likeness (QED) is 0.154. The van der Waals surface area contributed by atoms with Crippen LogP contribution in [0.25, 0.3) is 0 Å². The van der Waals surface area contributed by atoms with Gasteiger partial charge in [-0.15, -0.1) is 23.2 Å². The Morgan fingerprint density at radius 3 is 1.41 bits per heavy atom. The first-order valence-corrected chi connectivity index (χ1v) is 13.3. The van der Waals surface area contributed by atoms with Gasteiger partial charge in [0.25, 0.3) is 0 Å². The summed E-state index contributed by atoms with van der Waals surface area (Å²) >= 11 is 11.9. The summed E-state index contributed by atoms with van der Waals surface area (Å²) in [6.07, 6.45) is 17.9. The fourth-order valence-electron chi connectivity index (χ4n) is 2.52. The number of rotatable bonds is 16. The van der Waals surface area contributed by atoms with Crippen LogP contribution >= 0.6 is 23.2 Å². The monoisotopic (exact) mass is 368 g/mol. The summed E-state index contributed by atoms with van der Waals surface area (Å²) in [6, 6.07) is 0. The Kier molecular flexibility index (Phi) is 15.8. The molecule has 134 valence electrons. The maximum atomic E-state index is 5.93. The molecule has 0 rings (SSSR count). The maximum Gasteiger partial charge on any atom is 0.220 e. The zero-order chi connectivity index (χ0) is 16.7. The standard InChI is InChI=1S/C18H38Cl2OSi/c1-4-5-6-7-8-9-10-11-12-13-14-15-16-17-21-22(2,3)18(19)20/h18H,4-17H2,1-3H3. The van der Waals surface area contributed by atoms with Crippen LogP contribution in [0.1, 0.15) is 90.4 Å². The Labute approximate surface area is 150 Å². The lowest BCUT2D eigenvalue weighted by Crippen LogP contribution is -2.38. The molecule has 0 fully saturated rings. The van der Waals surface area contributed by atoms with E-state index in [1.165, 1.54) is 77.0 Å².